The first-order chi connectivity index (χ1) is 11.1. The Morgan fingerprint density at radius 1 is 1.48 bits per heavy atom. The fourth-order valence-electron chi connectivity index (χ4n) is 3.24. The molecule has 23 heavy (non-hydrogen) atoms. The molecule has 7 nitrogen and oxygen atoms in total. The molecule has 1 atom stereocenters. The summed E-state index contributed by atoms with van der Waals surface area (Å²) in [5.74, 6) is 0.625. The van der Waals surface area contributed by atoms with Gasteiger partial charge in [0.25, 0.3) is 0 Å². The van der Waals surface area contributed by atoms with Crippen molar-refractivity contribution in [3.05, 3.63) is 40.2 Å². The summed E-state index contributed by atoms with van der Waals surface area (Å²) in [6, 6.07) is 3.41. The summed E-state index contributed by atoms with van der Waals surface area (Å²) in [4.78, 5) is 10.9. The highest BCUT2D eigenvalue weighted by atomic mass is 16.6. The lowest BCUT2D eigenvalue weighted by molar-refractivity contribution is -0.385. The maximum Gasteiger partial charge on any atom is 0.311 e. The minimum absolute atomic E-state index is 0.0149. The molecule has 0 spiro atoms. The molecule has 2 heterocycles. The van der Waals surface area contributed by atoms with Crippen molar-refractivity contribution < 1.29 is 9.66 Å². The highest BCUT2D eigenvalue weighted by Gasteiger charge is 2.27. The van der Waals surface area contributed by atoms with Crippen LogP contribution in [-0.4, -0.2) is 34.9 Å². The van der Waals surface area contributed by atoms with Gasteiger partial charge in [0.05, 0.1) is 18.2 Å². The van der Waals surface area contributed by atoms with Gasteiger partial charge >= 0.3 is 5.69 Å². The lowest BCUT2D eigenvalue weighted by Gasteiger charge is -2.25. The molecule has 1 unspecified atom stereocenters. The summed E-state index contributed by atoms with van der Waals surface area (Å²) in [6.07, 6.45) is 5.74. The maximum atomic E-state index is 11.3. The van der Waals surface area contributed by atoms with E-state index in [1.165, 1.54) is 7.11 Å². The van der Waals surface area contributed by atoms with Gasteiger partial charge in [-0.15, -0.1) is 0 Å². The number of nitro benzene ring substituents is 1. The zero-order valence-electron chi connectivity index (χ0n) is 13.3. The summed E-state index contributed by atoms with van der Waals surface area (Å²) in [6.45, 7) is 1.89. The Balaban J connectivity index is 2.20. The van der Waals surface area contributed by atoms with Crippen LogP contribution in [0.15, 0.2) is 24.5 Å². The van der Waals surface area contributed by atoms with Crippen LogP contribution in [0, 0.1) is 10.1 Å². The molecule has 0 bridgehead atoms. The number of methoxy groups -OCH3 is 1. The predicted octanol–water partition coefficient (Wildman–Crippen LogP) is 2.47. The summed E-state index contributed by atoms with van der Waals surface area (Å²) in [5.41, 5.74) is 2.68. The van der Waals surface area contributed by atoms with E-state index in [1.807, 2.05) is 19.3 Å². The second-order valence-electron chi connectivity index (χ2n) is 5.79. The van der Waals surface area contributed by atoms with E-state index >= 15 is 0 Å². The zero-order chi connectivity index (χ0) is 16.4. The minimum atomic E-state index is -0.401. The van der Waals surface area contributed by atoms with E-state index in [0.29, 0.717) is 11.7 Å². The molecule has 1 saturated heterocycles. The number of nitrogens with one attached hydrogen (secondary N) is 1. The topological polar surface area (TPSA) is 82.2 Å². The van der Waals surface area contributed by atoms with E-state index in [1.54, 1.807) is 16.9 Å². The number of piperidine rings is 1. The van der Waals surface area contributed by atoms with E-state index in [0.717, 1.165) is 42.6 Å². The third kappa shape index (κ3) is 2.92. The third-order valence-corrected chi connectivity index (χ3v) is 4.30. The van der Waals surface area contributed by atoms with Crippen molar-refractivity contribution in [1.82, 2.24) is 15.1 Å². The quantitative estimate of drug-likeness (QED) is 0.692. The van der Waals surface area contributed by atoms with Crippen molar-refractivity contribution in [1.29, 1.82) is 0 Å². The molecule has 1 aromatic heterocycles. The number of hydrogen-bond donors (Lipinski definition) is 1. The number of benzene rings is 1. The summed E-state index contributed by atoms with van der Waals surface area (Å²) < 4.78 is 7.12. The SMILES string of the molecule is COc1c([N+](=O)[O-])ccc(C2CCCNC2)c1-c1cnn(C)c1. The first kappa shape index (κ1) is 15.5. The van der Waals surface area contributed by atoms with Gasteiger partial charge in [0, 0.05) is 37.0 Å². The number of aryl methyl sites for hydroxylation is 1. The van der Waals surface area contributed by atoms with Crippen LogP contribution in [0.3, 0.4) is 0 Å². The standard InChI is InChI=1S/C16H20N4O3/c1-19-10-12(9-18-19)15-13(11-4-3-7-17-8-11)5-6-14(20(21)22)16(15)23-2/h5-6,9-11,17H,3-4,7-8H2,1-2H3. The number of ether oxygens (including phenoxy) is 1. The van der Waals surface area contributed by atoms with E-state index in [4.69, 9.17) is 4.74 Å². The number of hydrogen-bond acceptors (Lipinski definition) is 5. The van der Waals surface area contributed by atoms with Gasteiger partial charge in [0.15, 0.2) is 0 Å². The van der Waals surface area contributed by atoms with Crippen LogP contribution in [-0.2, 0) is 7.05 Å². The smallest absolute Gasteiger partial charge is 0.311 e. The zero-order valence-corrected chi connectivity index (χ0v) is 13.3. The Hall–Kier alpha value is -2.41. The second-order valence-corrected chi connectivity index (χ2v) is 5.79. The van der Waals surface area contributed by atoms with Gasteiger partial charge in [-0.2, -0.15) is 5.10 Å². The number of nitro groups is 1. The van der Waals surface area contributed by atoms with Crippen molar-refractivity contribution in [2.24, 2.45) is 7.05 Å². The summed E-state index contributed by atoms with van der Waals surface area (Å²) >= 11 is 0. The molecule has 1 aromatic carbocycles. The molecule has 3 rings (SSSR count). The maximum absolute atomic E-state index is 11.3. The first-order valence-electron chi connectivity index (χ1n) is 7.67. The molecule has 122 valence electrons. The summed E-state index contributed by atoms with van der Waals surface area (Å²) in [7, 11) is 3.31. The van der Waals surface area contributed by atoms with Gasteiger partial charge in [-0.25, -0.2) is 0 Å². The molecule has 1 aliphatic rings. The first-order valence-corrected chi connectivity index (χ1v) is 7.67. The summed E-state index contributed by atoms with van der Waals surface area (Å²) in [5, 5.41) is 19.0. The second kappa shape index (κ2) is 6.37. The Morgan fingerprint density at radius 3 is 2.87 bits per heavy atom. The molecule has 2 aromatic rings. The van der Waals surface area contributed by atoms with Crippen molar-refractivity contribution in [3.8, 4) is 16.9 Å². The lowest BCUT2D eigenvalue weighted by atomic mass is 9.86. The van der Waals surface area contributed by atoms with Crippen LogP contribution in [0.1, 0.15) is 24.3 Å². The van der Waals surface area contributed by atoms with Crippen molar-refractivity contribution in [2.75, 3.05) is 20.2 Å². The molecular formula is C16H20N4O3. The van der Waals surface area contributed by atoms with Crippen LogP contribution < -0.4 is 10.1 Å². The fourth-order valence-corrected chi connectivity index (χ4v) is 3.24. The van der Waals surface area contributed by atoms with Gasteiger partial charge in [-0.1, -0.05) is 6.07 Å². The lowest BCUT2D eigenvalue weighted by Crippen LogP contribution is -2.28. The average Bonchev–Trinajstić information content (AvgIpc) is 3.00. The molecule has 1 aliphatic heterocycles. The van der Waals surface area contributed by atoms with Crippen molar-refractivity contribution in [3.63, 3.8) is 0 Å². The molecule has 0 saturated carbocycles. The largest absolute Gasteiger partial charge is 0.490 e. The predicted molar refractivity (Wildman–Crippen MR) is 86.7 cm³/mol. The Kier molecular flexibility index (Phi) is 4.29. The average molecular weight is 316 g/mol. The van der Waals surface area contributed by atoms with Gasteiger partial charge < -0.3 is 10.1 Å². The molecule has 0 radical (unpaired) electrons. The number of rotatable bonds is 4. The van der Waals surface area contributed by atoms with E-state index < -0.39 is 4.92 Å². The number of nitrogens with zero attached hydrogens (tertiary/aromatic N) is 3. The molecule has 1 fully saturated rings. The van der Waals surface area contributed by atoms with E-state index in [-0.39, 0.29) is 5.69 Å². The van der Waals surface area contributed by atoms with Gasteiger partial charge in [-0.05, 0) is 30.9 Å². The normalized spacial score (nSPS) is 17.9. The molecule has 1 N–H and O–H groups in total. The molecular weight excluding hydrogens is 296 g/mol. The van der Waals surface area contributed by atoms with Gasteiger partial charge in [0.1, 0.15) is 0 Å². The van der Waals surface area contributed by atoms with Gasteiger partial charge in [0.2, 0.25) is 5.75 Å². The van der Waals surface area contributed by atoms with E-state index in [9.17, 15) is 10.1 Å². The number of aromatic nitrogens is 2. The van der Waals surface area contributed by atoms with Crippen LogP contribution in [0.5, 0.6) is 5.75 Å². The Labute approximate surface area is 134 Å². The third-order valence-electron chi connectivity index (χ3n) is 4.30. The monoisotopic (exact) mass is 316 g/mol. The highest BCUT2D eigenvalue weighted by Crippen LogP contribution is 2.43. The van der Waals surface area contributed by atoms with Crippen molar-refractivity contribution >= 4 is 5.69 Å². The molecule has 0 aliphatic carbocycles. The van der Waals surface area contributed by atoms with Crippen LogP contribution in [0.25, 0.3) is 11.1 Å². The van der Waals surface area contributed by atoms with Crippen LogP contribution >= 0.6 is 0 Å². The van der Waals surface area contributed by atoms with Crippen molar-refractivity contribution in [2.45, 2.75) is 18.8 Å². The highest BCUT2D eigenvalue weighted by molar-refractivity contribution is 5.78. The van der Waals surface area contributed by atoms with Gasteiger partial charge in [-0.3, -0.25) is 14.8 Å². The Bertz CT molecular complexity index is 720. The molecule has 0 amide bonds. The fraction of sp³-hybridized carbons (Fsp3) is 0.438. The van der Waals surface area contributed by atoms with E-state index in [2.05, 4.69) is 10.4 Å². The Morgan fingerprint density at radius 2 is 2.30 bits per heavy atom. The van der Waals surface area contributed by atoms with Crippen LogP contribution in [0.4, 0.5) is 5.69 Å². The minimum Gasteiger partial charge on any atom is -0.490 e. The van der Waals surface area contributed by atoms with Crippen LogP contribution in [0.2, 0.25) is 0 Å². The molecule has 7 heteroatoms.